The van der Waals surface area contributed by atoms with Crippen LogP contribution in [0.2, 0.25) is 0 Å². The maximum absolute atomic E-state index is 12.4. The van der Waals surface area contributed by atoms with Gasteiger partial charge in [-0.3, -0.25) is 4.79 Å². The quantitative estimate of drug-likeness (QED) is 0.799. The van der Waals surface area contributed by atoms with Crippen LogP contribution < -0.4 is 0 Å². The predicted octanol–water partition coefficient (Wildman–Crippen LogP) is 2.95. The van der Waals surface area contributed by atoms with Crippen molar-refractivity contribution in [2.75, 3.05) is 13.2 Å². The number of aliphatic hydroxyl groups is 1. The molecule has 0 aliphatic heterocycles. The number of unbranched alkanes of at least 4 members (excludes halogenated alkanes) is 1. The van der Waals surface area contributed by atoms with Gasteiger partial charge >= 0.3 is 0 Å². The van der Waals surface area contributed by atoms with Crippen LogP contribution in [-0.4, -0.2) is 35.1 Å². The topological polar surface area (TPSA) is 40.5 Å². The Morgan fingerprint density at radius 3 is 2.43 bits per heavy atom. The highest BCUT2D eigenvalue weighted by atomic mass is 16.3. The molecule has 116 valence electrons. The summed E-state index contributed by atoms with van der Waals surface area (Å²) < 4.78 is 0. The van der Waals surface area contributed by atoms with Gasteiger partial charge in [0.15, 0.2) is 0 Å². The summed E-state index contributed by atoms with van der Waals surface area (Å²) in [6, 6.07) is 8.77. The van der Waals surface area contributed by atoms with E-state index in [1.54, 1.807) is 0 Å². The molecule has 0 radical (unpaired) electrons. The lowest BCUT2D eigenvalue weighted by molar-refractivity contribution is -0.135. The van der Waals surface area contributed by atoms with Crippen LogP contribution in [0.3, 0.4) is 0 Å². The average Bonchev–Trinajstić information content (AvgIpc) is 2.44. The summed E-state index contributed by atoms with van der Waals surface area (Å²) in [7, 11) is 0. The van der Waals surface area contributed by atoms with Crippen LogP contribution in [0.15, 0.2) is 24.3 Å². The molecule has 1 amide bonds. The molecule has 3 nitrogen and oxygen atoms in total. The summed E-state index contributed by atoms with van der Waals surface area (Å²) in [6.45, 7) is 2.72. The summed E-state index contributed by atoms with van der Waals surface area (Å²) >= 11 is 0. The Morgan fingerprint density at radius 2 is 1.90 bits per heavy atom. The Kier molecular flexibility index (Phi) is 6.24. The molecule has 0 atom stereocenters. The highest BCUT2D eigenvalue weighted by Crippen LogP contribution is 2.25. The van der Waals surface area contributed by atoms with Crippen LogP contribution in [0, 0.1) is 0 Å². The van der Waals surface area contributed by atoms with E-state index < -0.39 is 0 Å². The van der Waals surface area contributed by atoms with Gasteiger partial charge < -0.3 is 10.0 Å². The number of aryl methyl sites for hydroxylation is 1. The van der Waals surface area contributed by atoms with Gasteiger partial charge in [0.1, 0.15) is 0 Å². The van der Waals surface area contributed by atoms with E-state index in [-0.39, 0.29) is 12.5 Å². The van der Waals surface area contributed by atoms with Crippen LogP contribution in [0.1, 0.15) is 50.2 Å². The molecule has 1 aromatic carbocycles. The molecule has 0 heterocycles. The molecule has 2 rings (SSSR count). The molecule has 1 aromatic rings. The summed E-state index contributed by atoms with van der Waals surface area (Å²) in [6.07, 6.45) is 7.35. The van der Waals surface area contributed by atoms with Crippen LogP contribution in [0.5, 0.6) is 0 Å². The van der Waals surface area contributed by atoms with Crippen LogP contribution in [0.25, 0.3) is 0 Å². The third kappa shape index (κ3) is 4.57. The van der Waals surface area contributed by atoms with E-state index in [9.17, 15) is 4.79 Å². The molecule has 1 aliphatic rings. The Morgan fingerprint density at radius 1 is 1.24 bits per heavy atom. The summed E-state index contributed by atoms with van der Waals surface area (Å²) in [5.41, 5.74) is 2.42. The third-order valence-corrected chi connectivity index (χ3v) is 4.37. The van der Waals surface area contributed by atoms with Crippen molar-refractivity contribution in [1.29, 1.82) is 0 Å². The van der Waals surface area contributed by atoms with E-state index in [1.165, 1.54) is 24.8 Å². The zero-order valence-corrected chi connectivity index (χ0v) is 13.1. The van der Waals surface area contributed by atoms with Crippen molar-refractivity contribution in [2.24, 2.45) is 0 Å². The first-order valence-electron chi connectivity index (χ1n) is 8.22. The normalized spacial score (nSPS) is 14.8. The fraction of sp³-hybridized carbons (Fsp3) is 0.611. The van der Waals surface area contributed by atoms with Crippen molar-refractivity contribution < 1.29 is 9.90 Å². The van der Waals surface area contributed by atoms with Gasteiger partial charge in [0.2, 0.25) is 5.91 Å². The minimum absolute atomic E-state index is 0.0538. The minimum atomic E-state index is 0.0538. The van der Waals surface area contributed by atoms with Crippen LogP contribution >= 0.6 is 0 Å². The lowest BCUT2D eigenvalue weighted by Crippen LogP contribution is -2.46. The van der Waals surface area contributed by atoms with Gasteiger partial charge in [0, 0.05) is 12.6 Å². The number of hydrogen-bond acceptors (Lipinski definition) is 2. The summed E-state index contributed by atoms with van der Waals surface area (Å²) in [4.78, 5) is 14.3. The number of aliphatic hydroxyl groups excluding tert-OH is 1. The molecule has 1 N–H and O–H groups in total. The molecular weight excluding hydrogens is 262 g/mol. The number of nitrogens with zero attached hydrogens (tertiary/aromatic N) is 1. The van der Waals surface area contributed by atoms with Gasteiger partial charge in [-0.15, -0.1) is 0 Å². The Hall–Kier alpha value is -1.35. The van der Waals surface area contributed by atoms with Crippen molar-refractivity contribution >= 4 is 5.91 Å². The molecule has 21 heavy (non-hydrogen) atoms. The molecular formula is C18H27NO2. The SMILES string of the molecule is CCCCc1ccc(CC(=O)N(CCO)C2CCC2)cc1. The lowest BCUT2D eigenvalue weighted by Gasteiger charge is -2.37. The zero-order chi connectivity index (χ0) is 15.1. The Labute approximate surface area is 128 Å². The van der Waals surface area contributed by atoms with Gasteiger partial charge in [-0.05, 0) is 43.2 Å². The van der Waals surface area contributed by atoms with Gasteiger partial charge in [-0.2, -0.15) is 0 Å². The Bertz CT molecular complexity index is 437. The molecule has 1 aliphatic carbocycles. The molecule has 1 fully saturated rings. The number of carbonyl (C=O) groups is 1. The van der Waals surface area contributed by atoms with Crippen molar-refractivity contribution in [3.05, 3.63) is 35.4 Å². The summed E-state index contributed by atoms with van der Waals surface area (Å²) in [5, 5.41) is 9.15. The van der Waals surface area contributed by atoms with Crippen molar-refractivity contribution in [1.82, 2.24) is 4.90 Å². The standard InChI is InChI=1S/C18H27NO2/c1-2-3-5-15-8-10-16(11-9-15)14-18(21)19(12-13-20)17-6-4-7-17/h8-11,17,20H,2-7,12-14H2,1H3. The molecule has 0 spiro atoms. The molecule has 3 heteroatoms. The maximum atomic E-state index is 12.4. The van der Waals surface area contributed by atoms with Crippen LogP contribution in [-0.2, 0) is 17.6 Å². The van der Waals surface area contributed by atoms with E-state index in [0.717, 1.165) is 24.8 Å². The van der Waals surface area contributed by atoms with Crippen molar-refractivity contribution in [3.8, 4) is 0 Å². The van der Waals surface area contributed by atoms with Gasteiger partial charge in [0.25, 0.3) is 0 Å². The van der Waals surface area contributed by atoms with Crippen molar-refractivity contribution in [3.63, 3.8) is 0 Å². The van der Waals surface area contributed by atoms with Gasteiger partial charge in [-0.1, -0.05) is 37.6 Å². The number of carbonyl (C=O) groups excluding carboxylic acids is 1. The third-order valence-electron chi connectivity index (χ3n) is 4.37. The van der Waals surface area contributed by atoms with Gasteiger partial charge in [-0.25, -0.2) is 0 Å². The number of amides is 1. The fourth-order valence-electron chi connectivity index (χ4n) is 2.80. The molecule has 0 saturated heterocycles. The minimum Gasteiger partial charge on any atom is -0.395 e. The second kappa shape index (κ2) is 8.18. The summed E-state index contributed by atoms with van der Waals surface area (Å²) in [5.74, 6) is 0.148. The number of rotatable bonds is 8. The van der Waals surface area contributed by atoms with E-state index in [0.29, 0.717) is 19.0 Å². The number of benzene rings is 1. The Balaban J connectivity index is 1.91. The molecule has 0 unspecified atom stereocenters. The van der Waals surface area contributed by atoms with Crippen LogP contribution in [0.4, 0.5) is 0 Å². The van der Waals surface area contributed by atoms with E-state index in [2.05, 4.69) is 31.2 Å². The first kappa shape index (κ1) is 16.0. The van der Waals surface area contributed by atoms with E-state index in [4.69, 9.17) is 5.11 Å². The van der Waals surface area contributed by atoms with E-state index >= 15 is 0 Å². The second-order valence-electron chi connectivity index (χ2n) is 5.99. The fourth-order valence-corrected chi connectivity index (χ4v) is 2.80. The molecule has 0 aromatic heterocycles. The molecule has 1 saturated carbocycles. The second-order valence-corrected chi connectivity index (χ2v) is 5.99. The van der Waals surface area contributed by atoms with Gasteiger partial charge in [0.05, 0.1) is 13.0 Å². The lowest BCUT2D eigenvalue weighted by atomic mass is 9.91. The average molecular weight is 289 g/mol. The first-order chi connectivity index (χ1) is 10.2. The van der Waals surface area contributed by atoms with E-state index in [1.807, 2.05) is 4.90 Å². The number of hydrogen-bond donors (Lipinski definition) is 1. The monoisotopic (exact) mass is 289 g/mol. The highest BCUT2D eigenvalue weighted by Gasteiger charge is 2.28. The first-order valence-corrected chi connectivity index (χ1v) is 8.22. The molecule has 0 bridgehead atoms. The predicted molar refractivity (Wildman–Crippen MR) is 85.2 cm³/mol. The maximum Gasteiger partial charge on any atom is 0.227 e. The van der Waals surface area contributed by atoms with Crippen molar-refractivity contribution in [2.45, 2.75) is 57.9 Å². The smallest absolute Gasteiger partial charge is 0.227 e. The zero-order valence-electron chi connectivity index (χ0n) is 13.1. The largest absolute Gasteiger partial charge is 0.395 e. The highest BCUT2D eigenvalue weighted by molar-refractivity contribution is 5.79.